The predicted octanol–water partition coefficient (Wildman–Crippen LogP) is 2.93. The molecule has 2 unspecified atom stereocenters. The van der Waals surface area contributed by atoms with Gasteiger partial charge in [-0.15, -0.1) is 0 Å². The van der Waals surface area contributed by atoms with Crippen LogP contribution in [-0.4, -0.2) is 38.2 Å². The van der Waals surface area contributed by atoms with E-state index in [0.29, 0.717) is 24.5 Å². The van der Waals surface area contributed by atoms with Gasteiger partial charge in [0.1, 0.15) is 5.75 Å². The number of methoxy groups -OCH3 is 1. The first kappa shape index (κ1) is 15.3. The summed E-state index contributed by atoms with van der Waals surface area (Å²) in [5.41, 5.74) is 0.482. The highest BCUT2D eigenvalue weighted by Crippen LogP contribution is 2.37. The first-order chi connectivity index (χ1) is 10.7. The third-order valence-corrected chi connectivity index (χ3v) is 4.27. The second kappa shape index (κ2) is 6.67. The first-order valence-electron chi connectivity index (χ1n) is 7.86. The van der Waals surface area contributed by atoms with E-state index in [9.17, 15) is 4.79 Å². The van der Waals surface area contributed by atoms with E-state index in [1.165, 1.54) is 0 Å². The molecule has 0 aromatic heterocycles. The van der Waals surface area contributed by atoms with Crippen LogP contribution < -0.4 is 4.74 Å². The Morgan fingerprint density at radius 1 is 1.23 bits per heavy atom. The smallest absolute Gasteiger partial charge is 0.338 e. The Morgan fingerprint density at radius 2 is 2.05 bits per heavy atom. The summed E-state index contributed by atoms with van der Waals surface area (Å²) >= 11 is 0. The lowest BCUT2D eigenvalue weighted by atomic mass is 9.94. The van der Waals surface area contributed by atoms with E-state index >= 15 is 0 Å². The van der Waals surface area contributed by atoms with Crippen molar-refractivity contribution in [3.63, 3.8) is 0 Å². The van der Waals surface area contributed by atoms with Crippen LogP contribution in [0.25, 0.3) is 0 Å². The molecule has 5 heteroatoms. The molecule has 1 spiro atoms. The average Bonchev–Trinajstić information content (AvgIpc) is 2.58. The molecule has 0 N–H and O–H groups in total. The van der Waals surface area contributed by atoms with Gasteiger partial charge in [0.2, 0.25) is 5.79 Å². The minimum absolute atomic E-state index is 0.347. The van der Waals surface area contributed by atoms with Crippen LogP contribution in [0.1, 0.15) is 42.5 Å². The standard InChI is InChI=1S/C17H22O5/c1-19-14-7-4-6-13(12-14)16(18)22-15-8-5-11-21-17(15)9-2-3-10-20-17/h4,6-7,12,15H,2-3,5,8-11H2,1H3. The normalized spacial score (nSPS) is 28.3. The van der Waals surface area contributed by atoms with Crippen molar-refractivity contribution < 1.29 is 23.7 Å². The monoisotopic (exact) mass is 306 g/mol. The van der Waals surface area contributed by atoms with Gasteiger partial charge >= 0.3 is 5.97 Å². The lowest BCUT2D eigenvalue weighted by Crippen LogP contribution is -2.54. The maximum atomic E-state index is 12.4. The molecule has 5 nitrogen and oxygen atoms in total. The lowest BCUT2D eigenvalue weighted by molar-refractivity contribution is -0.313. The number of ether oxygens (including phenoxy) is 4. The van der Waals surface area contributed by atoms with Crippen LogP contribution in [-0.2, 0) is 14.2 Å². The molecule has 120 valence electrons. The van der Waals surface area contributed by atoms with Crippen molar-refractivity contribution in [3.05, 3.63) is 29.8 Å². The second-order valence-electron chi connectivity index (χ2n) is 5.73. The van der Waals surface area contributed by atoms with Gasteiger partial charge in [0.15, 0.2) is 6.10 Å². The van der Waals surface area contributed by atoms with Crippen molar-refractivity contribution in [2.24, 2.45) is 0 Å². The molecular weight excluding hydrogens is 284 g/mol. The van der Waals surface area contributed by atoms with E-state index in [0.717, 1.165) is 32.1 Å². The van der Waals surface area contributed by atoms with Crippen LogP contribution in [0.3, 0.4) is 0 Å². The number of esters is 1. The molecule has 2 atom stereocenters. The van der Waals surface area contributed by atoms with E-state index in [1.54, 1.807) is 31.4 Å². The van der Waals surface area contributed by atoms with Gasteiger partial charge in [0, 0.05) is 6.42 Å². The molecule has 2 fully saturated rings. The van der Waals surface area contributed by atoms with Gasteiger partial charge in [-0.05, 0) is 43.9 Å². The van der Waals surface area contributed by atoms with Crippen LogP contribution in [0.2, 0.25) is 0 Å². The Balaban J connectivity index is 1.73. The number of hydrogen-bond donors (Lipinski definition) is 0. The quantitative estimate of drug-likeness (QED) is 0.804. The topological polar surface area (TPSA) is 54.0 Å². The highest BCUT2D eigenvalue weighted by atomic mass is 16.7. The van der Waals surface area contributed by atoms with Gasteiger partial charge in [-0.3, -0.25) is 0 Å². The summed E-state index contributed by atoms with van der Waals surface area (Å²) in [5.74, 6) is -0.466. The highest BCUT2D eigenvalue weighted by Gasteiger charge is 2.47. The second-order valence-corrected chi connectivity index (χ2v) is 5.73. The summed E-state index contributed by atoms with van der Waals surface area (Å²) in [7, 11) is 1.57. The Kier molecular flexibility index (Phi) is 4.64. The van der Waals surface area contributed by atoms with E-state index in [-0.39, 0.29) is 12.1 Å². The lowest BCUT2D eigenvalue weighted by Gasteiger charge is -2.44. The van der Waals surface area contributed by atoms with Gasteiger partial charge in [-0.2, -0.15) is 0 Å². The Bertz CT molecular complexity index is 513. The van der Waals surface area contributed by atoms with Gasteiger partial charge in [-0.1, -0.05) is 6.07 Å². The number of hydrogen-bond acceptors (Lipinski definition) is 5. The van der Waals surface area contributed by atoms with Gasteiger partial charge in [-0.25, -0.2) is 4.79 Å². The van der Waals surface area contributed by atoms with Crippen molar-refractivity contribution in [3.8, 4) is 5.75 Å². The summed E-state index contributed by atoms with van der Waals surface area (Å²) in [6.45, 7) is 1.32. The average molecular weight is 306 g/mol. The molecule has 0 radical (unpaired) electrons. The zero-order chi connectivity index (χ0) is 15.4. The zero-order valence-corrected chi connectivity index (χ0v) is 12.9. The van der Waals surface area contributed by atoms with Gasteiger partial charge in [0.05, 0.1) is 25.9 Å². The largest absolute Gasteiger partial charge is 0.497 e. The third kappa shape index (κ3) is 3.10. The fourth-order valence-corrected chi connectivity index (χ4v) is 3.08. The summed E-state index contributed by atoms with van der Waals surface area (Å²) in [6.07, 6.45) is 4.15. The van der Waals surface area contributed by atoms with Crippen LogP contribution in [0, 0.1) is 0 Å². The van der Waals surface area contributed by atoms with Crippen LogP contribution >= 0.6 is 0 Å². The molecule has 1 aromatic rings. The predicted molar refractivity (Wildman–Crippen MR) is 79.9 cm³/mol. The van der Waals surface area contributed by atoms with Gasteiger partial charge in [0.25, 0.3) is 0 Å². The van der Waals surface area contributed by atoms with E-state index in [4.69, 9.17) is 18.9 Å². The molecule has 3 rings (SSSR count). The molecule has 1 aromatic carbocycles. The minimum Gasteiger partial charge on any atom is -0.497 e. The molecule has 2 aliphatic rings. The molecule has 2 saturated heterocycles. The molecule has 2 aliphatic heterocycles. The van der Waals surface area contributed by atoms with Crippen molar-refractivity contribution in [1.82, 2.24) is 0 Å². The fraction of sp³-hybridized carbons (Fsp3) is 0.588. The molecular formula is C17H22O5. The van der Waals surface area contributed by atoms with E-state index < -0.39 is 5.79 Å². The van der Waals surface area contributed by atoms with Crippen molar-refractivity contribution in [2.75, 3.05) is 20.3 Å². The molecule has 0 bridgehead atoms. The number of carbonyl (C=O) groups is 1. The summed E-state index contributed by atoms with van der Waals surface area (Å²) in [4.78, 5) is 12.4. The number of carbonyl (C=O) groups excluding carboxylic acids is 1. The van der Waals surface area contributed by atoms with Crippen molar-refractivity contribution in [1.29, 1.82) is 0 Å². The maximum absolute atomic E-state index is 12.4. The molecule has 0 aliphatic carbocycles. The molecule has 0 amide bonds. The third-order valence-electron chi connectivity index (χ3n) is 4.27. The molecule has 2 heterocycles. The zero-order valence-electron chi connectivity index (χ0n) is 12.9. The van der Waals surface area contributed by atoms with Crippen LogP contribution in [0.5, 0.6) is 5.75 Å². The SMILES string of the molecule is COc1cccc(C(=O)OC2CCCOC23CCCCO3)c1. The van der Waals surface area contributed by atoms with Crippen molar-refractivity contribution in [2.45, 2.75) is 44.0 Å². The highest BCUT2D eigenvalue weighted by molar-refractivity contribution is 5.90. The number of rotatable bonds is 3. The maximum Gasteiger partial charge on any atom is 0.338 e. The molecule has 22 heavy (non-hydrogen) atoms. The Labute approximate surface area is 130 Å². The Hall–Kier alpha value is -1.59. The summed E-state index contributed by atoms with van der Waals surface area (Å²) in [6, 6.07) is 6.98. The van der Waals surface area contributed by atoms with Crippen molar-refractivity contribution >= 4 is 5.97 Å². The van der Waals surface area contributed by atoms with E-state index in [2.05, 4.69) is 0 Å². The molecule has 0 saturated carbocycles. The summed E-state index contributed by atoms with van der Waals surface area (Å²) < 4.78 is 22.6. The van der Waals surface area contributed by atoms with Gasteiger partial charge < -0.3 is 18.9 Å². The Morgan fingerprint density at radius 3 is 2.82 bits per heavy atom. The fourth-order valence-electron chi connectivity index (χ4n) is 3.08. The summed E-state index contributed by atoms with van der Waals surface area (Å²) in [5, 5.41) is 0. The minimum atomic E-state index is -0.745. The van der Waals surface area contributed by atoms with Crippen LogP contribution in [0.15, 0.2) is 24.3 Å². The first-order valence-corrected chi connectivity index (χ1v) is 7.86. The number of benzene rings is 1. The van der Waals surface area contributed by atoms with Crippen LogP contribution in [0.4, 0.5) is 0 Å². The van der Waals surface area contributed by atoms with E-state index in [1.807, 2.05) is 0 Å².